The first-order valence-electron chi connectivity index (χ1n) is 8.27. The normalized spacial score (nSPS) is 22.7. The molecule has 0 bridgehead atoms. The molecule has 5 nitrogen and oxygen atoms in total. The molecule has 1 atom stereocenters. The Bertz CT molecular complexity index is 744. The van der Waals surface area contributed by atoms with Gasteiger partial charge in [0, 0.05) is 18.1 Å². The summed E-state index contributed by atoms with van der Waals surface area (Å²) in [6.07, 6.45) is 6.35. The van der Waals surface area contributed by atoms with Crippen LogP contribution in [0.25, 0.3) is 0 Å². The molecule has 1 unspecified atom stereocenters. The molecule has 2 aliphatic rings. The van der Waals surface area contributed by atoms with Crippen LogP contribution in [0.5, 0.6) is 0 Å². The summed E-state index contributed by atoms with van der Waals surface area (Å²) >= 11 is 12.5. The van der Waals surface area contributed by atoms with Gasteiger partial charge >= 0.3 is 5.97 Å². The quantitative estimate of drug-likeness (QED) is 0.714. The molecule has 25 heavy (non-hydrogen) atoms. The van der Waals surface area contributed by atoms with Gasteiger partial charge in [0.2, 0.25) is 5.79 Å². The molecule has 1 aromatic rings. The Hall–Kier alpha value is -1.53. The predicted octanol–water partition coefficient (Wildman–Crippen LogP) is 4.03. The number of halogens is 3. The summed E-state index contributed by atoms with van der Waals surface area (Å²) in [6.45, 7) is 1.59. The molecule has 1 heterocycles. The van der Waals surface area contributed by atoms with Gasteiger partial charge in [-0.05, 0) is 32.6 Å². The van der Waals surface area contributed by atoms with Crippen molar-refractivity contribution in [1.29, 1.82) is 0 Å². The molecule has 8 heteroatoms. The zero-order valence-electron chi connectivity index (χ0n) is 13.9. The average molecular weight is 389 g/mol. The number of aryl methyl sites for hydroxylation is 1. The zero-order chi connectivity index (χ0) is 18.0. The second-order valence-electron chi connectivity index (χ2n) is 6.01. The molecular formula is C17H19Cl2FN2O3. The monoisotopic (exact) mass is 388 g/mol. The first-order valence-corrected chi connectivity index (χ1v) is 9.03. The number of esters is 1. The Morgan fingerprint density at radius 1 is 1.40 bits per heavy atom. The van der Waals surface area contributed by atoms with Crippen molar-refractivity contribution in [3.05, 3.63) is 39.4 Å². The summed E-state index contributed by atoms with van der Waals surface area (Å²) in [6, 6.07) is 0. The maximum Gasteiger partial charge on any atom is 0.344 e. The predicted molar refractivity (Wildman–Crippen MR) is 92.2 cm³/mol. The number of hydrogen-bond acceptors (Lipinski definition) is 4. The van der Waals surface area contributed by atoms with E-state index >= 15 is 4.39 Å². The summed E-state index contributed by atoms with van der Waals surface area (Å²) < 4.78 is 26.9. The van der Waals surface area contributed by atoms with E-state index < -0.39 is 11.8 Å². The molecular weight excluding hydrogens is 370 g/mol. The lowest BCUT2D eigenvalue weighted by Crippen LogP contribution is -2.30. The standard InChI is InChI=1S/C17H19Cl2FN2O3/c1-2-24-15(23)10-25-14-9-17(20,8-7-12(14)18)22-16(19)11-5-3-4-6-13(11)21-22/h7,9H,2-6,8,10H2,1H3. The van der Waals surface area contributed by atoms with Crippen molar-refractivity contribution < 1.29 is 18.7 Å². The fourth-order valence-corrected chi connectivity index (χ4v) is 3.59. The largest absolute Gasteiger partial charge is 0.480 e. The minimum atomic E-state index is -1.99. The van der Waals surface area contributed by atoms with Gasteiger partial charge in [0.15, 0.2) is 6.61 Å². The van der Waals surface area contributed by atoms with Gasteiger partial charge in [-0.15, -0.1) is 0 Å². The number of nitrogens with zero attached hydrogens (tertiary/aromatic N) is 2. The highest BCUT2D eigenvalue weighted by molar-refractivity contribution is 6.32. The zero-order valence-corrected chi connectivity index (χ0v) is 15.4. The topological polar surface area (TPSA) is 53.4 Å². The van der Waals surface area contributed by atoms with E-state index in [9.17, 15) is 4.79 Å². The number of aromatic nitrogens is 2. The van der Waals surface area contributed by atoms with Crippen LogP contribution in [0.1, 0.15) is 37.4 Å². The number of carbonyl (C=O) groups excluding carboxylic acids is 1. The Morgan fingerprint density at radius 3 is 2.88 bits per heavy atom. The molecule has 0 radical (unpaired) electrons. The van der Waals surface area contributed by atoms with E-state index in [1.165, 1.54) is 16.8 Å². The average Bonchev–Trinajstić information content (AvgIpc) is 2.94. The number of carbonyl (C=O) groups is 1. The first-order chi connectivity index (χ1) is 11.9. The smallest absolute Gasteiger partial charge is 0.344 e. The maximum absolute atomic E-state index is 15.6. The van der Waals surface area contributed by atoms with Crippen molar-refractivity contribution in [3.63, 3.8) is 0 Å². The van der Waals surface area contributed by atoms with Crippen LogP contribution in [0.2, 0.25) is 5.15 Å². The molecule has 0 saturated carbocycles. The third kappa shape index (κ3) is 3.70. The SMILES string of the molecule is CCOC(=O)COC1=CC(F)(n2nc3c(c2Cl)CCCC3)CC=C1Cl. The van der Waals surface area contributed by atoms with Crippen LogP contribution in [0.15, 0.2) is 22.9 Å². The van der Waals surface area contributed by atoms with E-state index in [0.29, 0.717) is 5.15 Å². The lowest BCUT2D eigenvalue weighted by Gasteiger charge is -2.26. The van der Waals surface area contributed by atoms with Crippen molar-refractivity contribution in [3.8, 4) is 0 Å². The molecule has 136 valence electrons. The van der Waals surface area contributed by atoms with Crippen LogP contribution >= 0.6 is 23.2 Å². The van der Waals surface area contributed by atoms with Crippen LogP contribution in [0.3, 0.4) is 0 Å². The van der Waals surface area contributed by atoms with E-state index in [2.05, 4.69) is 5.10 Å². The maximum atomic E-state index is 15.6. The second kappa shape index (κ2) is 7.38. The van der Waals surface area contributed by atoms with E-state index in [0.717, 1.165) is 36.9 Å². The molecule has 2 aliphatic carbocycles. The Balaban J connectivity index is 1.86. The van der Waals surface area contributed by atoms with Gasteiger partial charge in [-0.1, -0.05) is 29.3 Å². The molecule has 0 aliphatic heterocycles. The summed E-state index contributed by atoms with van der Waals surface area (Å²) in [5.41, 5.74) is 1.75. The van der Waals surface area contributed by atoms with Gasteiger partial charge in [0.1, 0.15) is 10.9 Å². The second-order valence-corrected chi connectivity index (χ2v) is 6.78. The third-order valence-corrected chi connectivity index (χ3v) is 4.98. The van der Waals surface area contributed by atoms with Crippen molar-refractivity contribution >= 4 is 29.2 Å². The summed E-state index contributed by atoms with van der Waals surface area (Å²) in [7, 11) is 0. The highest BCUT2D eigenvalue weighted by atomic mass is 35.5. The van der Waals surface area contributed by atoms with Crippen molar-refractivity contribution in [2.75, 3.05) is 13.2 Å². The highest BCUT2D eigenvalue weighted by Gasteiger charge is 2.38. The molecule has 1 aromatic heterocycles. The summed E-state index contributed by atoms with van der Waals surface area (Å²) in [5.74, 6) is -2.46. The van der Waals surface area contributed by atoms with Gasteiger partial charge < -0.3 is 9.47 Å². The van der Waals surface area contributed by atoms with Gasteiger partial charge in [0.05, 0.1) is 17.3 Å². The fraction of sp³-hybridized carbons (Fsp3) is 0.529. The van der Waals surface area contributed by atoms with E-state index in [-0.39, 0.29) is 30.4 Å². The van der Waals surface area contributed by atoms with Crippen molar-refractivity contribution in [2.45, 2.75) is 44.8 Å². The lowest BCUT2D eigenvalue weighted by molar-refractivity contribution is -0.146. The van der Waals surface area contributed by atoms with Crippen LogP contribution in [-0.4, -0.2) is 29.0 Å². The molecule has 0 saturated heterocycles. The van der Waals surface area contributed by atoms with Crippen LogP contribution in [0, 0.1) is 0 Å². The van der Waals surface area contributed by atoms with Crippen LogP contribution in [-0.2, 0) is 32.9 Å². The number of alkyl halides is 1. The number of rotatable bonds is 5. The van der Waals surface area contributed by atoms with E-state index in [1.807, 2.05) is 0 Å². The number of hydrogen-bond donors (Lipinski definition) is 0. The van der Waals surface area contributed by atoms with Gasteiger partial charge in [-0.3, -0.25) is 0 Å². The van der Waals surface area contributed by atoms with Gasteiger partial charge in [0.25, 0.3) is 0 Å². The minimum absolute atomic E-state index is 0.0155. The highest BCUT2D eigenvalue weighted by Crippen LogP contribution is 2.39. The Kier molecular flexibility index (Phi) is 5.39. The minimum Gasteiger partial charge on any atom is -0.480 e. The number of ether oxygens (including phenoxy) is 2. The van der Waals surface area contributed by atoms with Crippen molar-refractivity contribution in [2.24, 2.45) is 0 Å². The summed E-state index contributed by atoms with van der Waals surface area (Å²) in [5, 5.41) is 4.93. The third-order valence-electron chi connectivity index (χ3n) is 4.25. The van der Waals surface area contributed by atoms with E-state index in [1.54, 1.807) is 6.92 Å². The molecule has 0 spiro atoms. The molecule has 0 fully saturated rings. The number of fused-ring (bicyclic) bond motifs is 1. The number of allylic oxidation sites excluding steroid dienone is 3. The Labute approximate surface area is 155 Å². The van der Waals surface area contributed by atoms with Gasteiger partial charge in [-0.25, -0.2) is 13.9 Å². The van der Waals surface area contributed by atoms with E-state index in [4.69, 9.17) is 32.7 Å². The van der Waals surface area contributed by atoms with Crippen molar-refractivity contribution in [1.82, 2.24) is 9.78 Å². The molecule has 0 N–H and O–H groups in total. The van der Waals surface area contributed by atoms with Gasteiger partial charge in [-0.2, -0.15) is 5.10 Å². The molecule has 3 rings (SSSR count). The van der Waals surface area contributed by atoms with Crippen LogP contribution in [0.4, 0.5) is 4.39 Å². The molecule has 0 aromatic carbocycles. The fourth-order valence-electron chi connectivity index (χ4n) is 3.02. The lowest BCUT2D eigenvalue weighted by atomic mass is 9.98. The first kappa shape index (κ1) is 18.3. The summed E-state index contributed by atoms with van der Waals surface area (Å²) in [4.78, 5) is 11.4. The van der Waals surface area contributed by atoms with Crippen LogP contribution < -0.4 is 0 Å². The molecule has 0 amide bonds. The Morgan fingerprint density at radius 2 is 2.16 bits per heavy atom.